The molecule has 0 bridgehead atoms. The van der Waals surface area contributed by atoms with Crippen LogP contribution in [0.15, 0.2) is 48.8 Å². The van der Waals surface area contributed by atoms with E-state index in [9.17, 15) is 19.2 Å². The zero-order valence-corrected chi connectivity index (χ0v) is 36.9. The number of hydrogen-bond donors (Lipinski definition) is 4. The Bertz CT molecular complexity index is 2240. The first-order valence-electron chi connectivity index (χ1n) is 22.1. The van der Waals surface area contributed by atoms with Gasteiger partial charge in [0.2, 0.25) is 11.8 Å². The number of nitrogens with one attached hydrogen (secondary N) is 4. The summed E-state index contributed by atoms with van der Waals surface area (Å²) in [5.41, 5.74) is 3.17. The number of alkyl carbamates (subject to hydrolysis) is 2. The van der Waals surface area contributed by atoms with E-state index < -0.39 is 36.5 Å². The number of likely N-dealkylation sites (tertiary alicyclic amines) is 2. The number of amides is 4. The van der Waals surface area contributed by atoms with Crippen LogP contribution in [0.3, 0.4) is 0 Å². The molecule has 2 aliphatic carbocycles. The van der Waals surface area contributed by atoms with Gasteiger partial charge in [-0.3, -0.25) is 9.59 Å². The summed E-state index contributed by atoms with van der Waals surface area (Å²) in [4.78, 5) is 73.4. The fourth-order valence-electron chi connectivity index (χ4n) is 10.6. The van der Waals surface area contributed by atoms with Gasteiger partial charge >= 0.3 is 12.2 Å². The number of carbonyl (C=O) groups is 4. The lowest BCUT2D eigenvalue weighted by Gasteiger charge is -2.34. The molecule has 4 N–H and O–H groups in total. The Balaban J connectivity index is 0.912. The number of nitrogens with zero attached hydrogens (tertiary/aromatic N) is 4. The van der Waals surface area contributed by atoms with Gasteiger partial charge < -0.3 is 58.8 Å². The SMILES string of the molecule is COC(=O)N[C@H](C(=O)N1C2CCC[C@@H]2C[C@H]1c1ncc(-c2ccc3c(c2)Oc2ccc(-c4cnc([C@@H]5C[C@@H]6CCC[C@@H]6N5C(=O)[C@@H](NC(=O)OC)[C@@H](C)OC)[nH]4)cc2O3)[nH]1)[C@@H](C)OC. The molecule has 3 aliphatic heterocycles. The van der Waals surface area contributed by atoms with Gasteiger partial charge in [0.25, 0.3) is 0 Å². The van der Waals surface area contributed by atoms with Crippen LogP contribution in [0.2, 0.25) is 0 Å². The van der Waals surface area contributed by atoms with Crippen molar-refractivity contribution >= 4 is 24.0 Å². The van der Waals surface area contributed by atoms with Crippen LogP contribution in [-0.2, 0) is 28.5 Å². The lowest BCUT2D eigenvalue weighted by molar-refractivity contribution is -0.140. The normalized spacial score (nSPS) is 24.8. The van der Waals surface area contributed by atoms with Crippen molar-refractivity contribution in [2.75, 3.05) is 28.4 Å². The fraction of sp³-hybridized carbons (Fsp3) is 0.522. The van der Waals surface area contributed by atoms with Crippen molar-refractivity contribution in [2.24, 2.45) is 11.8 Å². The second-order valence-electron chi connectivity index (χ2n) is 17.5. The Morgan fingerprint density at radius 3 is 1.45 bits per heavy atom. The van der Waals surface area contributed by atoms with E-state index in [0.717, 1.165) is 73.9 Å². The smallest absolute Gasteiger partial charge is 0.407 e. The van der Waals surface area contributed by atoms with Crippen LogP contribution in [-0.4, -0.2) is 119 Å². The van der Waals surface area contributed by atoms with Crippen LogP contribution < -0.4 is 20.1 Å². The molecule has 9 rings (SSSR count). The number of hydrogen-bond acceptors (Lipinski definition) is 12. The number of rotatable bonds is 12. The maximum Gasteiger partial charge on any atom is 0.407 e. The lowest BCUT2D eigenvalue weighted by Crippen LogP contribution is -2.55. The predicted molar refractivity (Wildman–Crippen MR) is 230 cm³/mol. The van der Waals surface area contributed by atoms with E-state index in [1.54, 1.807) is 26.2 Å². The molecule has 2 aromatic heterocycles. The lowest BCUT2D eigenvalue weighted by atomic mass is 10.0. The number of ether oxygens (including phenoxy) is 6. The molecule has 2 saturated heterocycles. The number of H-pyrrole nitrogens is 2. The molecule has 64 heavy (non-hydrogen) atoms. The largest absolute Gasteiger partial charge is 0.453 e. The van der Waals surface area contributed by atoms with E-state index in [2.05, 4.69) is 20.6 Å². The van der Waals surface area contributed by atoms with Gasteiger partial charge in [0.1, 0.15) is 23.7 Å². The Hall–Kier alpha value is -6.14. The van der Waals surface area contributed by atoms with E-state index in [-0.39, 0.29) is 36.0 Å². The summed E-state index contributed by atoms with van der Waals surface area (Å²) in [6.45, 7) is 3.51. The Morgan fingerprint density at radius 1 is 0.641 bits per heavy atom. The summed E-state index contributed by atoms with van der Waals surface area (Å²) in [5, 5.41) is 5.39. The molecular formula is C46H56N8O10. The number of carbonyl (C=O) groups excluding carboxylic acids is 4. The Labute approximate surface area is 371 Å². The van der Waals surface area contributed by atoms with Crippen LogP contribution in [0.1, 0.15) is 88.9 Å². The maximum absolute atomic E-state index is 14.2. The van der Waals surface area contributed by atoms with Gasteiger partial charge in [0.15, 0.2) is 23.0 Å². The van der Waals surface area contributed by atoms with Crippen LogP contribution in [0, 0.1) is 11.8 Å². The molecule has 18 heteroatoms. The number of benzene rings is 2. The summed E-state index contributed by atoms with van der Waals surface area (Å²) in [5.74, 6) is 3.72. The molecule has 340 valence electrons. The highest BCUT2D eigenvalue weighted by molar-refractivity contribution is 5.88. The molecule has 18 nitrogen and oxygen atoms in total. The highest BCUT2D eigenvalue weighted by Gasteiger charge is 2.51. The minimum absolute atomic E-state index is 0.0387. The monoisotopic (exact) mass is 880 g/mol. The number of aromatic amines is 2. The van der Waals surface area contributed by atoms with E-state index in [4.69, 9.17) is 38.4 Å². The van der Waals surface area contributed by atoms with Gasteiger partial charge in [-0.25, -0.2) is 19.6 Å². The first-order chi connectivity index (χ1) is 31.0. The van der Waals surface area contributed by atoms with Gasteiger partial charge in [-0.2, -0.15) is 0 Å². The molecule has 4 aromatic rings. The van der Waals surface area contributed by atoms with E-state index >= 15 is 0 Å². The second-order valence-corrected chi connectivity index (χ2v) is 17.5. The van der Waals surface area contributed by atoms with Crippen molar-refractivity contribution < 1.29 is 47.6 Å². The van der Waals surface area contributed by atoms with Crippen molar-refractivity contribution in [3.05, 3.63) is 60.4 Å². The summed E-state index contributed by atoms with van der Waals surface area (Å²) in [7, 11) is 5.56. The molecule has 0 radical (unpaired) electrons. The molecule has 1 unspecified atom stereocenters. The Morgan fingerprint density at radius 2 is 1.06 bits per heavy atom. The van der Waals surface area contributed by atoms with Crippen molar-refractivity contribution in [1.29, 1.82) is 0 Å². The Kier molecular flexibility index (Phi) is 12.0. The topological polar surface area (TPSA) is 212 Å². The summed E-state index contributed by atoms with van der Waals surface area (Å²) in [6.07, 6.45) is 8.41. The minimum Gasteiger partial charge on any atom is -0.453 e. The van der Waals surface area contributed by atoms with Crippen LogP contribution in [0.25, 0.3) is 22.5 Å². The first-order valence-corrected chi connectivity index (χ1v) is 22.1. The third-order valence-electron chi connectivity index (χ3n) is 14.1. The van der Waals surface area contributed by atoms with Crippen molar-refractivity contribution in [3.8, 4) is 45.5 Å². The van der Waals surface area contributed by atoms with Crippen molar-refractivity contribution in [2.45, 2.75) is 114 Å². The molecule has 0 spiro atoms. The number of imidazole rings is 2. The highest BCUT2D eigenvalue weighted by atomic mass is 16.6. The molecule has 4 amide bonds. The van der Waals surface area contributed by atoms with Gasteiger partial charge in [-0.1, -0.05) is 12.8 Å². The average Bonchev–Trinajstić information content (AvgIpc) is 4.17. The van der Waals surface area contributed by atoms with Gasteiger partial charge in [0.05, 0.1) is 62.3 Å². The van der Waals surface area contributed by atoms with Gasteiger partial charge in [0, 0.05) is 37.4 Å². The zero-order valence-electron chi connectivity index (χ0n) is 36.9. The second kappa shape index (κ2) is 17.8. The number of aromatic nitrogens is 4. The van der Waals surface area contributed by atoms with Gasteiger partial charge in [-0.15, -0.1) is 0 Å². The molecule has 10 atom stereocenters. The molecule has 4 fully saturated rings. The van der Waals surface area contributed by atoms with Crippen molar-refractivity contribution in [1.82, 2.24) is 40.4 Å². The third kappa shape index (κ3) is 7.90. The van der Waals surface area contributed by atoms with Crippen LogP contribution in [0.5, 0.6) is 23.0 Å². The summed E-state index contributed by atoms with van der Waals surface area (Å²) >= 11 is 0. The third-order valence-corrected chi connectivity index (χ3v) is 14.1. The van der Waals surface area contributed by atoms with Crippen molar-refractivity contribution in [3.63, 3.8) is 0 Å². The molecule has 5 aliphatic rings. The van der Waals surface area contributed by atoms with Crippen LogP contribution >= 0.6 is 0 Å². The van der Waals surface area contributed by atoms with E-state index in [1.807, 2.05) is 46.2 Å². The molecule has 2 saturated carbocycles. The minimum atomic E-state index is -0.926. The molecule has 5 heterocycles. The van der Waals surface area contributed by atoms with E-state index in [0.29, 0.717) is 46.5 Å². The predicted octanol–water partition coefficient (Wildman–Crippen LogP) is 6.77. The number of methoxy groups -OCH3 is 4. The standard InChI is InChI=1S/C46H56N8O10/c1-23(59-3)39(51-45(57)61-5)43(55)53-31-11-7-9-27(31)17-33(53)41-47-21-29(49-41)25-13-15-35-37(19-25)63-36-16-14-26(20-38(36)64-35)30-22-48-42(50-30)34-18-28-10-8-12-32(28)54(34)44(56)40(24(2)60-4)52-46(58)62-6/h13-16,19-24,27-28,31-34,39-40H,7-12,17-18H2,1-6H3,(H,47,49)(H,48,50)(H,51,57)(H,52,58)/t23-,24-,27-,28+,31?,32+,33+,34+,39+,40+/m1/s1. The van der Waals surface area contributed by atoms with E-state index in [1.165, 1.54) is 28.4 Å². The maximum atomic E-state index is 14.2. The first kappa shape index (κ1) is 43.1. The summed E-state index contributed by atoms with van der Waals surface area (Å²) < 4.78 is 33.5. The fourth-order valence-corrected chi connectivity index (χ4v) is 10.6. The van der Waals surface area contributed by atoms with Gasteiger partial charge in [-0.05, 0) is 101 Å². The molecular weight excluding hydrogens is 825 g/mol. The molecule has 2 aromatic carbocycles. The zero-order chi connectivity index (χ0) is 44.8. The number of fused-ring (bicyclic) bond motifs is 4. The van der Waals surface area contributed by atoms with Crippen LogP contribution in [0.4, 0.5) is 9.59 Å². The summed E-state index contributed by atoms with van der Waals surface area (Å²) in [6, 6.07) is 8.99. The average molecular weight is 881 g/mol. The highest BCUT2D eigenvalue weighted by Crippen LogP contribution is 2.51. The quantitative estimate of drug-likeness (QED) is 0.102.